The van der Waals surface area contributed by atoms with E-state index in [0.29, 0.717) is 25.5 Å². The van der Waals surface area contributed by atoms with Crippen LogP contribution in [-0.2, 0) is 16.0 Å². The monoisotopic (exact) mass is 347 g/mol. The lowest BCUT2D eigenvalue weighted by atomic mass is 9.96. The summed E-state index contributed by atoms with van der Waals surface area (Å²) >= 11 is 1.69. The maximum atomic E-state index is 12.8. The van der Waals surface area contributed by atoms with Crippen LogP contribution in [0.2, 0.25) is 0 Å². The SMILES string of the molecule is Cc1nc([C@H]2CCCN(C(=O)C[C@@H]3OCCc4ccsc43)C2)no1. The van der Waals surface area contributed by atoms with Gasteiger partial charge in [0, 0.05) is 30.8 Å². The normalized spacial score (nSPS) is 24.0. The highest BCUT2D eigenvalue weighted by Gasteiger charge is 2.31. The zero-order chi connectivity index (χ0) is 16.5. The zero-order valence-electron chi connectivity index (χ0n) is 13.7. The van der Waals surface area contributed by atoms with E-state index < -0.39 is 0 Å². The van der Waals surface area contributed by atoms with Crippen molar-refractivity contribution in [3.05, 3.63) is 33.6 Å². The summed E-state index contributed by atoms with van der Waals surface area (Å²) in [5.41, 5.74) is 1.34. The molecular formula is C17H21N3O3S. The number of aromatic nitrogens is 2. The molecule has 1 saturated heterocycles. The van der Waals surface area contributed by atoms with Gasteiger partial charge >= 0.3 is 0 Å². The first-order valence-electron chi connectivity index (χ1n) is 8.46. The van der Waals surface area contributed by atoms with Gasteiger partial charge in [-0.05, 0) is 36.3 Å². The number of ether oxygens (including phenoxy) is 1. The number of carbonyl (C=O) groups excluding carboxylic acids is 1. The van der Waals surface area contributed by atoms with Gasteiger partial charge in [-0.1, -0.05) is 5.16 Å². The van der Waals surface area contributed by atoms with Crippen LogP contribution in [0, 0.1) is 6.92 Å². The molecular weight excluding hydrogens is 326 g/mol. The molecule has 0 unspecified atom stereocenters. The van der Waals surface area contributed by atoms with Crippen molar-refractivity contribution in [3.8, 4) is 0 Å². The number of fused-ring (bicyclic) bond motifs is 1. The van der Waals surface area contributed by atoms with Crippen molar-refractivity contribution < 1.29 is 14.1 Å². The van der Waals surface area contributed by atoms with E-state index >= 15 is 0 Å². The lowest BCUT2D eigenvalue weighted by Crippen LogP contribution is -2.40. The number of nitrogens with zero attached hydrogens (tertiary/aromatic N) is 3. The molecule has 0 radical (unpaired) electrons. The Morgan fingerprint density at radius 3 is 3.25 bits per heavy atom. The van der Waals surface area contributed by atoms with Gasteiger partial charge in [-0.2, -0.15) is 4.98 Å². The Kier molecular flexibility index (Phi) is 4.37. The number of likely N-dealkylation sites (tertiary alicyclic amines) is 1. The van der Waals surface area contributed by atoms with Crippen molar-refractivity contribution >= 4 is 17.2 Å². The minimum Gasteiger partial charge on any atom is -0.372 e. The zero-order valence-corrected chi connectivity index (χ0v) is 14.6. The Balaban J connectivity index is 1.42. The van der Waals surface area contributed by atoms with Crippen LogP contribution in [-0.4, -0.2) is 40.6 Å². The maximum Gasteiger partial charge on any atom is 0.225 e. The van der Waals surface area contributed by atoms with Gasteiger partial charge in [-0.3, -0.25) is 4.79 Å². The summed E-state index contributed by atoms with van der Waals surface area (Å²) in [6.45, 7) is 3.96. The number of hydrogen-bond acceptors (Lipinski definition) is 6. The highest BCUT2D eigenvalue weighted by Crippen LogP contribution is 2.35. The van der Waals surface area contributed by atoms with Crippen LogP contribution in [0.25, 0.3) is 0 Å². The van der Waals surface area contributed by atoms with Crippen molar-refractivity contribution in [2.75, 3.05) is 19.7 Å². The largest absolute Gasteiger partial charge is 0.372 e. The van der Waals surface area contributed by atoms with Crippen LogP contribution in [0.15, 0.2) is 16.0 Å². The molecule has 4 heterocycles. The van der Waals surface area contributed by atoms with E-state index in [1.807, 2.05) is 4.90 Å². The third-order valence-corrected chi connectivity index (χ3v) is 5.86. The van der Waals surface area contributed by atoms with E-state index in [0.717, 1.165) is 31.6 Å². The summed E-state index contributed by atoms with van der Waals surface area (Å²) in [7, 11) is 0. The van der Waals surface area contributed by atoms with Crippen molar-refractivity contribution in [2.45, 2.75) is 44.6 Å². The molecule has 7 heteroatoms. The molecule has 0 N–H and O–H groups in total. The molecule has 0 aliphatic carbocycles. The molecule has 2 aromatic heterocycles. The summed E-state index contributed by atoms with van der Waals surface area (Å²) in [5, 5.41) is 6.11. The van der Waals surface area contributed by atoms with Crippen LogP contribution in [0.1, 0.15) is 53.4 Å². The molecule has 4 rings (SSSR count). The second-order valence-corrected chi connectivity index (χ2v) is 7.42. The van der Waals surface area contributed by atoms with Gasteiger partial charge in [-0.15, -0.1) is 11.3 Å². The summed E-state index contributed by atoms with van der Waals surface area (Å²) in [5.74, 6) is 1.63. The predicted molar refractivity (Wildman–Crippen MR) is 88.9 cm³/mol. The predicted octanol–water partition coefficient (Wildman–Crippen LogP) is 2.85. The Morgan fingerprint density at radius 2 is 2.42 bits per heavy atom. The van der Waals surface area contributed by atoms with Crippen LogP contribution >= 0.6 is 11.3 Å². The van der Waals surface area contributed by atoms with Gasteiger partial charge in [-0.25, -0.2) is 0 Å². The molecule has 2 atom stereocenters. The smallest absolute Gasteiger partial charge is 0.225 e. The van der Waals surface area contributed by atoms with Crippen molar-refractivity contribution in [3.63, 3.8) is 0 Å². The van der Waals surface area contributed by atoms with Crippen molar-refractivity contribution in [1.29, 1.82) is 0 Å². The number of aryl methyl sites for hydroxylation is 1. The molecule has 0 spiro atoms. The number of piperidine rings is 1. The summed E-state index contributed by atoms with van der Waals surface area (Å²) in [4.78, 5) is 20.2. The second-order valence-electron chi connectivity index (χ2n) is 6.47. The molecule has 1 amide bonds. The van der Waals surface area contributed by atoms with Crippen LogP contribution < -0.4 is 0 Å². The highest BCUT2D eigenvalue weighted by atomic mass is 32.1. The molecule has 2 aromatic rings. The quantitative estimate of drug-likeness (QED) is 0.854. The maximum absolute atomic E-state index is 12.8. The molecule has 6 nitrogen and oxygen atoms in total. The first kappa shape index (κ1) is 15.8. The standard InChI is InChI=1S/C17H21N3O3S/c1-11-18-17(19-23-11)13-3-2-6-20(10-13)15(21)9-14-16-12(4-7-22-14)5-8-24-16/h5,8,13-14H,2-4,6-7,9-10H2,1H3/t13-,14-/m0/s1. The van der Waals surface area contributed by atoms with E-state index in [1.165, 1.54) is 10.4 Å². The van der Waals surface area contributed by atoms with E-state index in [9.17, 15) is 4.79 Å². The fraction of sp³-hybridized carbons (Fsp3) is 0.588. The molecule has 1 fully saturated rings. The third kappa shape index (κ3) is 3.10. The lowest BCUT2D eigenvalue weighted by molar-refractivity contribution is -0.135. The molecule has 24 heavy (non-hydrogen) atoms. The lowest BCUT2D eigenvalue weighted by Gasteiger charge is -2.33. The van der Waals surface area contributed by atoms with E-state index in [1.54, 1.807) is 18.3 Å². The molecule has 0 saturated carbocycles. The number of hydrogen-bond donors (Lipinski definition) is 0. The average molecular weight is 347 g/mol. The van der Waals surface area contributed by atoms with Gasteiger partial charge < -0.3 is 14.2 Å². The molecule has 128 valence electrons. The van der Waals surface area contributed by atoms with Crippen molar-refractivity contribution in [1.82, 2.24) is 15.0 Å². The molecule has 2 aliphatic rings. The van der Waals surface area contributed by atoms with Gasteiger partial charge in [0.15, 0.2) is 5.82 Å². The first-order valence-corrected chi connectivity index (χ1v) is 9.34. The minimum atomic E-state index is -0.0888. The molecule has 0 bridgehead atoms. The van der Waals surface area contributed by atoms with Crippen LogP contribution in [0.4, 0.5) is 0 Å². The van der Waals surface area contributed by atoms with Crippen molar-refractivity contribution in [2.24, 2.45) is 0 Å². The van der Waals surface area contributed by atoms with Crippen LogP contribution in [0.3, 0.4) is 0 Å². The average Bonchev–Trinajstić information content (AvgIpc) is 3.24. The number of amides is 1. The molecule has 2 aliphatic heterocycles. The Bertz CT molecular complexity index is 726. The Hall–Kier alpha value is -1.73. The van der Waals surface area contributed by atoms with Crippen LogP contribution in [0.5, 0.6) is 0 Å². The van der Waals surface area contributed by atoms with Gasteiger partial charge in [0.05, 0.1) is 13.0 Å². The number of rotatable bonds is 3. The topological polar surface area (TPSA) is 68.5 Å². The Labute approximate surface area is 144 Å². The van der Waals surface area contributed by atoms with Gasteiger partial charge in [0.1, 0.15) is 6.10 Å². The highest BCUT2D eigenvalue weighted by molar-refractivity contribution is 7.10. The van der Waals surface area contributed by atoms with Gasteiger partial charge in [0.25, 0.3) is 0 Å². The summed E-state index contributed by atoms with van der Waals surface area (Å²) in [6, 6.07) is 2.15. The Morgan fingerprint density at radius 1 is 1.50 bits per heavy atom. The number of carbonyl (C=O) groups is 1. The summed E-state index contributed by atoms with van der Waals surface area (Å²) < 4.78 is 10.9. The fourth-order valence-corrected chi connectivity index (χ4v) is 4.56. The van der Waals surface area contributed by atoms with Gasteiger partial charge in [0.2, 0.25) is 11.8 Å². The molecule has 0 aromatic carbocycles. The van der Waals surface area contributed by atoms with E-state index in [4.69, 9.17) is 9.26 Å². The second kappa shape index (κ2) is 6.64. The summed E-state index contributed by atoms with van der Waals surface area (Å²) in [6.07, 6.45) is 3.25. The van der Waals surface area contributed by atoms with E-state index in [-0.39, 0.29) is 17.9 Å². The minimum absolute atomic E-state index is 0.0888. The van der Waals surface area contributed by atoms with E-state index in [2.05, 4.69) is 21.6 Å². The first-order chi connectivity index (χ1) is 11.7. The third-order valence-electron chi connectivity index (χ3n) is 4.81. The number of thiophene rings is 1. The fourth-order valence-electron chi connectivity index (χ4n) is 3.56.